The van der Waals surface area contributed by atoms with Gasteiger partial charge in [-0.15, -0.1) is 5.10 Å². The lowest BCUT2D eigenvalue weighted by Crippen LogP contribution is -2.15. The molecule has 1 heterocycles. The highest BCUT2D eigenvalue weighted by Crippen LogP contribution is 2.28. The molecule has 1 aromatic heterocycles. The van der Waals surface area contributed by atoms with Crippen LogP contribution in [-0.2, 0) is 11.2 Å². The van der Waals surface area contributed by atoms with E-state index < -0.39 is 10.8 Å². The van der Waals surface area contributed by atoms with Gasteiger partial charge < -0.3 is 5.32 Å². The molecule has 0 spiro atoms. The third-order valence-corrected chi connectivity index (χ3v) is 4.95. The lowest BCUT2D eigenvalue weighted by molar-refractivity contribution is -0.383. The van der Waals surface area contributed by atoms with Crippen molar-refractivity contribution in [3.8, 4) is 11.4 Å². The van der Waals surface area contributed by atoms with Crippen molar-refractivity contribution in [1.82, 2.24) is 15.2 Å². The predicted octanol–water partition coefficient (Wildman–Crippen LogP) is 4.33. The number of halogens is 1. The number of aromatic nitrogens is 3. The van der Waals surface area contributed by atoms with E-state index in [0.717, 1.165) is 23.7 Å². The van der Waals surface area contributed by atoms with E-state index in [9.17, 15) is 14.9 Å². The van der Waals surface area contributed by atoms with Crippen LogP contribution < -0.4 is 5.32 Å². The van der Waals surface area contributed by atoms with Gasteiger partial charge in [-0.25, -0.2) is 4.98 Å². The fraction of sp³-hybridized carbons (Fsp3) is 0.167. The van der Waals surface area contributed by atoms with Gasteiger partial charge in [0, 0.05) is 16.7 Å². The van der Waals surface area contributed by atoms with Crippen molar-refractivity contribution in [3.05, 3.63) is 63.2 Å². The molecular weight excluding hydrogens is 402 g/mol. The number of nitrogens with one attached hydrogen (secondary N) is 2. The van der Waals surface area contributed by atoms with Gasteiger partial charge >= 0.3 is 0 Å². The molecule has 0 unspecified atom stereocenters. The molecule has 10 heteroatoms. The van der Waals surface area contributed by atoms with Crippen molar-refractivity contribution < 1.29 is 9.72 Å². The highest BCUT2D eigenvalue weighted by atomic mass is 35.5. The number of amides is 1. The standard InChI is InChI=1S/C18H16ClN5O3S/c1-2-11-3-5-12(6-4-11)17-21-18(23-22-17)28-10-16(25)20-14-8-7-13(19)9-15(14)24(26)27/h3-9H,2,10H2,1H3,(H,20,25)(H,21,22,23). The Balaban J connectivity index is 1.61. The number of aryl methyl sites for hydroxylation is 1. The van der Waals surface area contributed by atoms with Crippen LogP contribution in [0, 0.1) is 10.1 Å². The van der Waals surface area contributed by atoms with Crippen LogP contribution in [0.3, 0.4) is 0 Å². The van der Waals surface area contributed by atoms with Crippen LogP contribution in [0.1, 0.15) is 12.5 Å². The van der Waals surface area contributed by atoms with Gasteiger partial charge in [-0.2, -0.15) is 0 Å². The molecule has 2 N–H and O–H groups in total. The summed E-state index contributed by atoms with van der Waals surface area (Å²) < 4.78 is 0. The molecule has 0 saturated heterocycles. The molecule has 0 aliphatic heterocycles. The second-order valence-corrected chi connectivity index (χ2v) is 7.15. The molecule has 2 aromatic carbocycles. The zero-order valence-electron chi connectivity index (χ0n) is 14.8. The molecule has 0 aliphatic rings. The molecule has 0 saturated carbocycles. The molecule has 1 amide bonds. The minimum atomic E-state index is -0.597. The minimum absolute atomic E-state index is 0.00580. The van der Waals surface area contributed by atoms with Crippen molar-refractivity contribution in [2.75, 3.05) is 11.1 Å². The van der Waals surface area contributed by atoms with Crippen molar-refractivity contribution in [2.24, 2.45) is 0 Å². The number of anilines is 1. The van der Waals surface area contributed by atoms with Gasteiger partial charge in [0.05, 0.1) is 10.7 Å². The molecule has 0 fully saturated rings. The summed E-state index contributed by atoms with van der Waals surface area (Å²) in [5.41, 5.74) is 1.96. The number of benzene rings is 2. The molecule has 0 radical (unpaired) electrons. The number of thioether (sulfide) groups is 1. The second kappa shape index (κ2) is 8.85. The van der Waals surface area contributed by atoms with Gasteiger partial charge in [0.25, 0.3) is 5.69 Å². The number of nitrogens with zero attached hydrogens (tertiary/aromatic N) is 3. The van der Waals surface area contributed by atoms with Gasteiger partial charge in [0.1, 0.15) is 5.69 Å². The quantitative estimate of drug-likeness (QED) is 0.336. The van der Waals surface area contributed by atoms with Crippen LogP contribution in [0.5, 0.6) is 0 Å². The van der Waals surface area contributed by atoms with E-state index in [2.05, 4.69) is 27.4 Å². The van der Waals surface area contributed by atoms with Crippen LogP contribution in [0.15, 0.2) is 47.6 Å². The fourth-order valence-corrected chi connectivity index (χ4v) is 3.18. The molecule has 0 aliphatic carbocycles. The van der Waals surface area contributed by atoms with E-state index in [1.165, 1.54) is 23.8 Å². The Hall–Kier alpha value is -2.91. The molecule has 28 heavy (non-hydrogen) atoms. The first-order chi connectivity index (χ1) is 13.5. The Morgan fingerprint density at radius 2 is 2.04 bits per heavy atom. The Bertz CT molecular complexity index is 1010. The Kier molecular flexibility index (Phi) is 6.27. The third kappa shape index (κ3) is 4.87. The van der Waals surface area contributed by atoms with E-state index in [4.69, 9.17) is 11.6 Å². The molecule has 8 nitrogen and oxygen atoms in total. The molecule has 3 aromatic rings. The summed E-state index contributed by atoms with van der Waals surface area (Å²) in [5.74, 6) is 0.208. The number of aromatic amines is 1. The smallest absolute Gasteiger partial charge is 0.294 e. The van der Waals surface area contributed by atoms with Crippen molar-refractivity contribution in [1.29, 1.82) is 0 Å². The Morgan fingerprint density at radius 1 is 1.29 bits per heavy atom. The zero-order valence-corrected chi connectivity index (χ0v) is 16.4. The highest BCUT2D eigenvalue weighted by Gasteiger charge is 2.17. The van der Waals surface area contributed by atoms with Gasteiger partial charge in [0.2, 0.25) is 11.1 Å². The summed E-state index contributed by atoms with van der Waals surface area (Å²) in [7, 11) is 0. The zero-order chi connectivity index (χ0) is 20.1. The van der Waals surface area contributed by atoms with Gasteiger partial charge in [-0.05, 0) is 24.1 Å². The molecule has 144 valence electrons. The van der Waals surface area contributed by atoms with Crippen LogP contribution in [0.2, 0.25) is 5.02 Å². The number of nitro groups is 1. The predicted molar refractivity (Wildman–Crippen MR) is 109 cm³/mol. The third-order valence-electron chi connectivity index (χ3n) is 3.86. The number of rotatable bonds is 7. The lowest BCUT2D eigenvalue weighted by atomic mass is 10.1. The SMILES string of the molecule is CCc1ccc(-c2nc(SCC(=O)Nc3ccc(Cl)cc3[N+](=O)[O-])n[nH]2)cc1. The topological polar surface area (TPSA) is 114 Å². The first kappa shape index (κ1) is 19.8. The summed E-state index contributed by atoms with van der Waals surface area (Å²) >= 11 is 6.89. The van der Waals surface area contributed by atoms with Gasteiger partial charge in [0.15, 0.2) is 5.82 Å². The molecule has 0 atom stereocenters. The van der Waals surface area contributed by atoms with E-state index in [1.807, 2.05) is 24.3 Å². The number of H-pyrrole nitrogens is 1. The van der Waals surface area contributed by atoms with Crippen LogP contribution in [-0.4, -0.2) is 31.8 Å². The second-order valence-electron chi connectivity index (χ2n) is 5.77. The summed E-state index contributed by atoms with van der Waals surface area (Å²) in [6, 6.07) is 12.0. The van der Waals surface area contributed by atoms with E-state index in [1.54, 1.807) is 0 Å². The maximum absolute atomic E-state index is 12.1. The minimum Gasteiger partial charge on any atom is -0.320 e. The average molecular weight is 418 g/mol. The van der Waals surface area contributed by atoms with Crippen molar-refractivity contribution in [2.45, 2.75) is 18.5 Å². The van der Waals surface area contributed by atoms with E-state index >= 15 is 0 Å². The summed E-state index contributed by atoms with van der Waals surface area (Å²) in [6.45, 7) is 2.09. The van der Waals surface area contributed by atoms with Crippen molar-refractivity contribution >= 4 is 40.6 Å². The van der Waals surface area contributed by atoms with Gasteiger partial charge in [-0.3, -0.25) is 20.0 Å². The number of carbonyl (C=O) groups excluding carboxylic acids is 1. The van der Waals surface area contributed by atoms with Crippen molar-refractivity contribution in [3.63, 3.8) is 0 Å². The van der Waals surface area contributed by atoms with Crippen LogP contribution in [0.25, 0.3) is 11.4 Å². The molecule has 0 bridgehead atoms. The summed E-state index contributed by atoms with van der Waals surface area (Å²) in [6.07, 6.45) is 0.957. The Labute approximate surface area is 169 Å². The van der Waals surface area contributed by atoms with E-state index in [-0.39, 0.29) is 22.2 Å². The monoisotopic (exact) mass is 417 g/mol. The maximum atomic E-state index is 12.1. The van der Waals surface area contributed by atoms with E-state index in [0.29, 0.717) is 11.0 Å². The number of nitro benzene ring substituents is 1. The summed E-state index contributed by atoms with van der Waals surface area (Å²) in [5, 5.41) is 21.2. The van der Waals surface area contributed by atoms with Crippen LogP contribution >= 0.6 is 23.4 Å². The maximum Gasteiger partial charge on any atom is 0.294 e. The number of hydrogen-bond donors (Lipinski definition) is 2. The first-order valence-corrected chi connectivity index (χ1v) is 9.71. The largest absolute Gasteiger partial charge is 0.320 e. The normalized spacial score (nSPS) is 10.6. The molecule has 3 rings (SSSR count). The number of hydrogen-bond acceptors (Lipinski definition) is 6. The fourth-order valence-electron chi connectivity index (χ4n) is 2.42. The molecular formula is C18H16ClN5O3S. The van der Waals surface area contributed by atoms with Gasteiger partial charge in [-0.1, -0.05) is 54.6 Å². The summed E-state index contributed by atoms with van der Waals surface area (Å²) in [4.78, 5) is 27.0. The highest BCUT2D eigenvalue weighted by molar-refractivity contribution is 7.99. The lowest BCUT2D eigenvalue weighted by Gasteiger charge is -2.05. The first-order valence-electron chi connectivity index (χ1n) is 8.34. The number of carbonyl (C=O) groups is 1. The Morgan fingerprint density at radius 3 is 2.71 bits per heavy atom. The average Bonchev–Trinajstić information content (AvgIpc) is 3.17. The van der Waals surface area contributed by atoms with Crippen LogP contribution in [0.4, 0.5) is 11.4 Å².